The van der Waals surface area contributed by atoms with Crippen LogP contribution in [0.5, 0.6) is 0 Å². The molecule has 0 N–H and O–H groups in total. The highest BCUT2D eigenvalue weighted by molar-refractivity contribution is 5.79. The van der Waals surface area contributed by atoms with Crippen molar-refractivity contribution in [1.82, 2.24) is 4.90 Å². The summed E-state index contributed by atoms with van der Waals surface area (Å²) in [4.78, 5) is 14.6. The van der Waals surface area contributed by atoms with Gasteiger partial charge >= 0.3 is 0 Å². The Morgan fingerprint density at radius 1 is 1.41 bits per heavy atom. The molecule has 0 radical (unpaired) electrons. The smallest absolute Gasteiger partial charge is 0.225 e. The Morgan fingerprint density at radius 3 is 3.00 bits per heavy atom. The number of hydrogen-bond acceptors (Lipinski definition) is 2. The molecule has 3 nitrogen and oxygen atoms in total. The van der Waals surface area contributed by atoms with Crippen LogP contribution in [0.15, 0.2) is 0 Å². The molecule has 0 bridgehead atoms. The first-order chi connectivity index (χ1) is 8.24. The van der Waals surface area contributed by atoms with E-state index in [1.807, 2.05) is 0 Å². The average Bonchev–Trinajstić information content (AvgIpc) is 2.69. The molecule has 0 aromatic carbocycles. The molecule has 0 aromatic heterocycles. The van der Waals surface area contributed by atoms with Gasteiger partial charge in [0.15, 0.2) is 0 Å². The van der Waals surface area contributed by atoms with Crippen LogP contribution in [0.1, 0.15) is 52.4 Å². The third kappa shape index (κ3) is 2.82. The number of rotatable bonds is 3. The van der Waals surface area contributed by atoms with Gasteiger partial charge in [-0.05, 0) is 32.1 Å². The van der Waals surface area contributed by atoms with Gasteiger partial charge in [0, 0.05) is 19.1 Å². The normalized spacial score (nSPS) is 30.8. The SMILES string of the molecule is CCC[C@H](C)C(=O)N1CCCO[C@H]2CCC[C@@H]21. The monoisotopic (exact) mass is 239 g/mol. The van der Waals surface area contributed by atoms with E-state index >= 15 is 0 Å². The number of nitrogens with zero attached hydrogens (tertiary/aromatic N) is 1. The minimum Gasteiger partial charge on any atom is -0.376 e. The molecule has 2 fully saturated rings. The molecule has 3 atom stereocenters. The Bertz CT molecular complexity index is 267. The summed E-state index contributed by atoms with van der Waals surface area (Å²) in [5.41, 5.74) is 0. The lowest BCUT2D eigenvalue weighted by atomic mass is 10.0. The van der Waals surface area contributed by atoms with E-state index < -0.39 is 0 Å². The number of carbonyl (C=O) groups excluding carboxylic acids is 1. The minimum atomic E-state index is 0.180. The fourth-order valence-corrected chi connectivity index (χ4v) is 3.21. The van der Waals surface area contributed by atoms with Crippen molar-refractivity contribution in [3.05, 3.63) is 0 Å². The first kappa shape index (κ1) is 12.9. The van der Waals surface area contributed by atoms with Gasteiger partial charge in [-0.2, -0.15) is 0 Å². The fourth-order valence-electron chi connectivity index (χ4n) is 3.21. The molecule has 3 heteroatoms. The van der Waals surface area contributed by atoms with Gasteiger partial charge in [0.2, 0.25) is 5.91 Å². The molecule has 1 heterocycles. The first-order valence-corrected chi connectivity index (χ1v) is 7.16. The standard InChI is InChI=1S/C14H25NO2/c1-3-6-11(2)14(16)15-9-5-10-17-13-8-4-7-12(13)15/h11-13H,3-10H2,1-2H3/t11-,12-,13-/m0/s1. The number of fused-ring (bicyclic) bond motifs is 1. The first-order valence-electron chi connectivity index (χ1n) is 7.16. The zero-order chi connectivity index (χ0) is 12.3. The van der Waals surface area contributed by atoms with Crippen molar-refractivity contribution in [2.45, 2.75) is 64.5 Å². The summed E-state index contributed by atoms with van der Waals surface area (Å²) in [6, 6.07) is 0.365. The molecule has 1 saturated carbocycles. The summed E-state index contributed by atoms with van der Waals surface area (Å²) in [5.74, 6) is 0.536. The van der Waals surface area contributed by atoms with Gasteiger partial charge < -0.3 is 9.64 Å². The molecule has 2 rings (SSSR count). The summed E-state index contributed by atoms with van der Waals surface area (Å²) in [6.07, 6.45) is 6.89. The lowest BCUT2D eigenvalue weighted by molar-refractivity contribution is -0.138. The lowest BCUT2D eigenvalue weighted by Crippen LogP contribution is -2.46. The second-order valence-electron chi connectivity index (χ2n) is 5.48. The van der Waals surface area contributed by atoms with E-state index in [0.717, 1.165) is 45.3 Å². The molecule has 1 amide bonds. The van der Waals surface area contributed by atoms with E-state index in [1.54, 1.807) is 0 Å². The second-order valence-corrected chi connectivity index (χ2v) is 5.48. The summed E-state index contributed by atoms with van der Waals surface area (Å²) in [6.45, 7) is 5.94. The predicted octanol–water partition coefficient (Wildman–Crippen LogP) is 2.59. The van der Waals surface area contributed by atoms with E-state index in [9.17, 15) is 4.79 Å². The van der Waals surface area contributed by atoms with Crippen LogP contribution >= 0.6 is 0 Å². The summed E-state index contributed by atoms with van der Waals surface area (Å²) in [7, 11) is 0. The Kier molecular flexibility index (Phi) is 4.43. The van der Waals surface area contributed by atoms with Crippen LogP contribution in [0.25, 0.3) is 0 Å². The summed E-state index contributed by atoms with van der Waals surface area (Å²) < 4.78 is 5.85. The van der Waals surface area contributed by atoms with E-state index in [0.29, 0.717) is 18.1 Å². The van der Waals surface area contributed by atoms with Crippen LogP contribution in [0.3, 0.4) is 0 Å². The maximum atomic E-state index is 12.5. The van der Waals surface area contributed by atoms with Crippen LogP contribution in [-0.2, 0) is 9.53 Å². The van der Waals surface area contributed by atoms with Crippen LogP contribution < -0.4 is 0 Å². The highest BCUT2D eigenvalue weighted by atomic mass is 16.5. The van der Waals surface area contributed by atoms with Gasteiger partial charge in [0.05, 0.1) is 12.1 Å². The van der Waals surface area contributed by atoms with Crippen molar-refractivity contribution in [1.29, 1.82) is 0 Å². The Hall–Kier alpha value is -0.570. The van der Waals surface area contributed by atoms with Crippen molar-refractivity contribution >= 4 is 5.91 Å². The van der Waals surface area contributed by atoms with Gasteiger partial charge in [-0.3, -0.25) is 4.79 Å². The van der Waals surface area contributed by atoms with Crippen LogP contribution in [0.4, 0.5) is 0 Å². The second kappa shape index (κ2) is 5.85. The van der Waals surface area contributed by atoms with Crippen LogP contribution in [-0.4, -0.2) is 36.1 Å². The largest absolute Gasteiger partial charge is 0.376 e. The number of carbonyl (C=O) groups is 1. The highest BCUT2D eigenvalue weighted by Gasteiger charge is 2.37. The van der Waals surface area contributed by atoms with Crippen LogP contribution in [0.2, 0.25) is 0 Å². The van der Waals surface area contributed by atoms with Gasteiger partial charge in [0.1, 0.15) is 0 Å². The number of ether oxygens (including phenoxy) is 1. The Balaban J connectivity index is 2.03. The Labute approximate surface area is 105 Å². The minimum absolute atomic E-state index is 0.180. The topological polar surface area (TPSA) is 29.5 Å². The highest BCUT2D eigenvalue weighted by Crippen LogP contribution is 2.30. The van der Waals surface area contributed by atoms with E-state index in [2.05, 4.69) is 18.7 Å². The van der Waals surface area contributed by atoms with E-state index in [4.69, 9.17) is 4.74 Å². The zero-order valence-corrected chi connectivity index (χ0v) is 11.2. The van der Waals surface area contributed by atoms with Crippen molar-refractivity contribution in [2.75, 3.05) is 13.2 Å². The predicted molar refractivity (Wildman–Crippen MR) is 67.8 cm³/mol. The quantitative estimate of drug-likeness (QED) is 0.757. The third-order valence-corrected chi connectivity index (χ3v) is 4.12. The summed E-state index contributed by atoms with van der Waals surface area (Å²) >= 11 is 0. The molecular formula is C14H25NO2. The molecular weight excluding hydrogens is 214 g/mol. The molecule has 1 aliphatic heterocycles. The molecule has 0 unspecified atom stereocenters. The summed E-state index contributed by atoms with van der Waals surface area (Å²) in [5, 5.41) is 0. The third-order valence-electron chi connectivity index (χ3n) is 4.12. The number of hydrogen-bond donors (Lipinski definition) is 0. The molecule has 17 heavy (non-hydrogen) atoms. The molecule has 0 aromatic rings. The molecule has 98 valence electrons. The van der Waals surface area contributed by atoms with E-state index in [1.165, 1.54) is 6.42 Å². The molecule has 1 saturated heterocycles. The fraction of sp³-hybridized carbons (Fsp3) is 0.929. The van der Waals surface area contributed by atoms with Crippen molar-refractivity contribution in [2.24, 2.45) is 5.92 Å². The Morgan fingerprint density at radius 2 is 2.24 bits per heavy atom. The molecule has 1 aliphatic carbocycles. The maximum Gasteiger partial charge on any atom is 0.225 e. The number of amides is 1. The molecule has 0 spiro atoms. The van der Waals surface area contributed by atoms with Crippen molar-refractivity contribution in [3.63, 3.8) is 0 Å². The van der Waals surface area contributed by atoms with Crippen molar-refractivity contribution in [3.8, 4) is 0 Å². The van der Waals surface area contributed by atoms with Gasteiger partial charge in [0.25, 0.3) is 0 Å². The van der Waals surface area contributed by atoms with Crippen LogP contribution in [0, 0.1) is 5.92 Å². The maximum absolute atomic E-state index is 12.5. The lowest BCUT2D eigenvalue weighted by Gasteiger charge is -2.32. The molecule has 2 aliphatic rings. The van der Waals surface area contributed by atoms with E-state index in [-0.39, 0.29) is 5.92 Å². The van der Waals surface area contributed by atoms with Gasteiger partial charge in [-0.25, -0.2) is 0 Å². The van der Waals surface area contributed by atoms with Crippen molar-refractivity contribution < 1.29 is 9.53 Å². The zero-order valence-electron chi connectivity index (χ0n) is 11.2. The van der Waals surface area contributed by atoms with Gasteiger partial charge in [-0.15, -0.1) is 0 Å². The average molecular weight is 239 g/mol. The van der Waals surface area contributed by atoms with Gasteiger partial charge in [-0.1, -0.05) is 20.3 Å².